The summed E-state index contributed by atoms with van der Waals surface area (Å²) >= 11 is 0. The van der Waals surface area contributed by atoms with Crippen LogP contribution in [0.3, 0.4) is 0 Å². The molecule has 0 radical (unpaired) electrons. The fourth-order valence-corrected chi connectivity index (χ4v) is 1.98. The fourth-order valence-electron chi connectivity index (χ4n) is 1.98. The van der Waals surface area contributed by atoms with E-state index in [0.717, 1.165) is 18.9 Å². The topological polar surface area (TPSA) is 64.1 Å². The minimum Gasteiger partial charge on any atom is -0.328 e. The predicted octanol–water partition coefficient (Wildman–Crippen LogP) is 1.67. The van der Waals surface area contributed by atoms with Crippen LogP contribution in [0.25, 0.3) is 0 Å². The van der Waals surface area contributed by atoms with Crippen molar-refractivity contribution < 1.29 is 0 Å². The van der Waals surface area contributed by atoms with Gasteiger partial charge in [0.2, 0.25) is 0 Å². The first-order valence-corrected chi connectivity index (χ1v) is 6.31. The minimum absolute atomic E-state index is 0.0376. The van der Waals surface area contributed by atoms with E-state index in [1.54, 1.807) is 0 Å². The lowest BCUT2D eigenvalue weighted by atomic mass is 9.95. The molecular formula is C12H29N3. The van der Waals surface area contributed by atoms with Crippen molar-refractivity contribution in [1.29, 1.82) is 0 Å². The molecule has 0 aliphatic carbocycles. The van der Waals surface area contributed by atoms with E-state index in [-0.39, 0.29) is 12.2 Å². The number of nitrogens with one attached hydrogen (secondary N) is 1. The molecule has 3 nitrogen and oxygen atoms in total. The molecule has 0 amide bonds. The highest BCUT2D eigenvalue weighted by Gasteiger charge is 2.19. The lowest BCUT2D eigenvalue weighted by Crippen LogP contribution is -2.50. The van der Waals surface area contributed by atoms with Gasteiger partial charge in [0.15, 0.2) is 0 Å². The number of nitrogens with two attached hydrogens (primary N) is 2. The molecule has 0 spiro atoms. The van der Waals surface area contributed by atoms with Crippen LogP contribution >= 0.6 is 0 Å². The SMILES string of the molecule is CCC(CC)CNC(N)[C@H](CC)[C@H](C)N. The van der Waals surface area contributed by atoms with Crippen molar-refractivity contribution in [3.05, 3.63) is 0 Å². The third kappa shape index (κ3) is 5.50. The van der Waals surface area contributed by atoms with E-state index >= 15 is 0 Å². The normalized spacial score (nSPS) is 17.8. The van der Waals surface area contributed by atoms with Crippen molar-refractivity contribution in [3.63, 3.8) is 0 Å². The van der Waals surface area contributed by atoms with E-state index in [0.29, 0.717) is 5.92 Å². The summed E-state index contributed by atoms with van der Waals surface area (Å²) in [6, 6.07) is 0.166. The van der Waals surface area contributed by atoms with Crippen LogP contribution in [0.15, 0.2) is 0 Å². The van der Waals surface area contributed by atoms with E-state index in [4.69, 9.17) is 11.5 Å². The lowest BCUT2D eigenvalue weighted by molar-refractivity contribution is 0.290. The van der Waals surface area contributed by atoms with Crippen molar-refractivity contribution in [2.75, 3.05) is 6.54 Å². The van der Waals surface area contributed by atoms with Gasteiger partial charge >= 0.3 is 0 Å². The van der Waals surface area contributed by atoms with Gasteiger partial charge in [-0.3, -0.25) is 0 Å². The van der Waals surface area contributed by atoms with E-state index in [1.165, 1.54) is 12.8 Å². The maximum absolute atomic E-state index is 6.10. The van der Waals surface area contributed by atoms with Gasteiger partial charge in [0.1, 0.15) is 0 Å². The van der Waals surface area contributed by atoms with Gasteiger partial charge in [0.05, 0.1) is 6.17 Å². The third-order valence-electron chi connectivity index (χ3n) is 3.40. The van der Waals surface area contributed by atoms with Gasteiger partial charge < -0.3 is 16.8 Å². The van der Waals surface area contributed by atoms with E-state index in [9.17, 15) is 0 Å². The Morgan fingerprint density at radius 2 is 1.53 bits per heavy atom. The van der Waals surface area contributed by atoms with Gasteiger partial charge in [-0.2, -0.15) is 0 Å². The summed E-state index contributed by atoms with van der Waals surface area (Å²) in [6.45, 7) is 9.64. The van der Waals surface area contributed by atoms with Crippen LogP contribution in [0.4, 0.5) is 0 Å². The molecule has 5 N–H and O–H groups in total. The summed E-state index contributed by atoms with van der Waals surface area (Å²) in [5.74, 6) is 1.11. The molecule has 0 aromatic rings. The summed E-state index contributed by atoms with van der Waals surface area (Å²) in [7, 11) is 0. The Balaban J connectivity index is 3.94. The molecule has 1 unspecified atom stereocenters. The molecule has 0 saturated heterocycles. The number of hydrogen-bond acceptors (Lipinski definition) is 3. The summed E-state index contributed by atoms with van der Waals surface area (Å²) in [5.41, 5.74) is 12.0. The predicted molar refractivity (Wildman–Crippen MR) is 67.5 cm³/mol. The monoisotopic (exact) mass is 215 g/mol. The summed E-state index contributed by atoms with van der Waals surface area (Å²) in [5, 5.41) is 3.41. The quantitative estimate of drug-likeness (QED) is 0.540. The first kappa shape index (κ1) is 14.9. The Hall–Kier alpha value is -0.120. The van der Waals surface area contributed by atoms with Crippen LogP contribution in [0, 0.1) is 11.8 Å². The molecule has 0 aromatic carbocycles. The molecule has 0 rings (SSSR count). The van der Waals surface area contributed by atoms with Crippen LogP contribution in [0.5, 0.6) is 0 Å². The van der Waals surface area contributed by atoms with Crippen LogP contribution in [0.1, 0.15) is 47.0 Å². The Labute approximate surface area is 95.0 Å². The Morgan fingerprint density at radius 1 is 1.00 bits per heavy atom. The van der Waals surface area contributed by atoms with Crippen LogP contribution in [-0.4, -0.2) is 18.8 Å². The molecule has 0 bridgehead atoms. The Kier molecular flexibility index (Phi) is 8.02. The van der Waals surface area contributed by atoms with Gasteiger partial charge in [-0.1, -0.05) is 33.6 Å². The molecule has 15 heavy (non-hydrogen) atoms. The van der Waals surface area contributed by atoms with Crippen molar-refractivity contribution in [2.24, 2.45) is 23.3 Å². The largest absolute Gasteiger partial charge is 0.328 e. The molecule has 0 saturated carbocycles. The maximum atomic E-state index is 6.10. The van der Waals surface area contributed by atoms with Gasteiger partial charge in [-0.25, -0.2) is 0 Å². The highest BCUT2D eigenvalue weighted by atomic mass is 15.0. The Morgan fingerprint density at radius 3 is 1.87 bits per heavy atom. The second kappa shape index (κ2) is 8.08. The van der Waals surface area contributed by atoms with Gasteiger partial charge in [-0.05, 0) is 25.8 Å². The summed E-state index contributed by atoms with van der Waals surface area (Å²) in [6.07, 6.45) is 3.50. The third-order valence-corrected chi connectivity index (χ3v) is 3.40. The van der Waals surface area contributed by atoms with Gasteiger partial charge in [0, 0.05) is 12.0 Å². The second-order valence-corrected chi connectivity index (χ2v) is 4.55. The fraction of sp³-hybridized carbons (Fsp3) is 1.00. The van der Waals surface area contributed by atoms with E-state index in [1.807, 2.05) is 6.92 Å². The zero-order valence-corrected chi connectivity index (χ0v) is 10.8. The molecule has 0 fully saturated rings. The van der Waals surface area contributed by atoms with Crippen molar-refractivity contribution in [3.8, 4) is 0 Å². The molecule has 0 aromatic heterocycles. The van der Waals surface area contributed by atoms with Crippen molar-refractivity contribution in [2.45, 2.75) is 59.2 Å². The van der Waals surface area contributed by atoms with E-state index in [2.05, 4.69) is 26.1 Å². The molecule has 3 atom stereocenters. The molecule has 0 aliphatic rings. The van der Waals surface area contributed by atoms with Crippen LogP contribution < -0.4 is 16.8 Å². The first-order chi connectivity index (χ1) is 7.06. The van der Waals surface area contributed by atoms with Gasteiger partial charge in [-0.15, -0.1) is 0 Å². The van der Waals surface area contributed by atoms with Crippen LogP contribution in [0.2, 0.25) is 0 Å². The number of rotatable bonds is 8. The van der Waals surface area contributed by atoms with Crippen molar-refractivity contribution in [1.82, 2.24) is 5.32 Å². The molecular weight excluding hydrogens is 186 g/mol. The highest BCUT2D eigenvalue weighted by molar-refractivity contribution is 4.77. The molecule has 0 aliphatic heterocycles. The minimum atomic E-state index is 0.0376. The van der Waals surface area contributed by atoms with E-state index < -0.39 is 0 Å². The van der Waals surface area contributed by atoms with Gasteiger partial charge in [0.25, 0.3) is 0 Å². The van der Waals surface area contributed by atoms with Crippen molar-refractivity contribution >= 4 is 0 Å². The molecule has 92 valence electrons. The Bertz CT molecular complexity index is 144. The first-order valence-electron chi connectivity index (χ1n) is 6.31. The lowest BCUT2D eigenvalue weighted by Gasteiger charge is -2.28. The standard InChI is InChI=1S/C12H29N3/c1-5-10(6-2)8-15-12(14)11(7-3)9(4)13/h9-12,15H,5-8,13-14H2,1-4H3/t9-,11+,12?/m0/s1. The maximum Gasteiger partial charge on any atom is 0.0590 e. The summed E-state index contributed by atoms with van der Waals surface area (Å²) in [4.78, 5) is 0. The average Bonchev–Trinajstić information content (AvgIpc) is 2.19. The average molecular weight is 215 g/mol. The smallest absolute Gasteiger partial charge is 0.0590 e. The number of hydrogen-bond donors (Lipinski definition) is 3. The zero-order valence-electron chi connectivity index (χ0n) is 10.8. The second-order valence-electron chi connectivity index (χ2n) is 4.55. The molecule has 3 heteroatoms. The molecule has 0 heterocycles. The highest BCUT2D eigenvalue weighted by Crippen LogP contribution is 2.11. The van der Waals surface area contributed by atoms with Crippen LogP contribution in [-0.2, 0) is 0 Å². The summed E-state index contributed by atoms with van der Waals surface area (Å²) < 4.78 is 0. The zero-order chi connectivity index (χ0) is 11.8.